The van der Waals surface area contributed by atoms with Crippen LogP contribution in [-0.4, -0.2) is 20.6 Å². The van der Waals surface area contributed by atoms with Gasteiger partial charge in [0.05, 0.1) is 23.0 Å². The van der Waals surface area contributed by atoms with Gasteiger partial charge < -0.3 is 14.4 Å². The van der Waals surface area contributed by atoms with E-state index in [1.165, 1.54) is 0 Å². The van der Waals surface area contributed by atoms with Gasteiger partial charge in [-0.1, -0.05) is 12.1 Å². The summed E-state index contributed by atoms with van der Waals surface area (Å²) in [7, 11) is 1.84. The van der Waals surface area contributed by atoms with Gasteiger partial charge in [-0.3, -0.25) is 4.98 Å². The van der Waals surface area contributed by atoms with E-state index >= 15 is 0 Å². The first-order valence-electron chi connectivity index (χ1n) is 6.50. The molecule has 5 nitrogen and oxygen atoms in total. The maximum Gasteiger partial charge on any atom is 0.337 e. The minimum atomic E-state index is -0.929. The third-order valence-corrected chi connectivity index (χ3v) is 3.41. The SMILES string of the molecule is Cn1c(COc2cccnc2)cc2cccc(C(=O)O)c21. The number of hydrogen-bond donors (Lipinski definition) is 1. The van der Waals surface area contributed by atoms with Gasteiger partial charge in [0.2, 0.25) is 0 Å². The van der Waals surface area contributed by atoms with Gasteiger partial charge in [0.1, 0.15) is 12.4 Å². The molecule has 0 saturated heterocycles. The molecule has 0 unspecified atom stereocenters. The number of carbonyl (C=O) groups is 1. The molecule has 3 aromatic rings. The van der Waals surface area contributed by atoms with Crippen LogP contribution >= 0.6 is 0 Å². The Morgan fingerprint density at radius 3 is 2.90 bits per heavy atom. The molecule has 0 atom stereocenters. The minimum Gasteiger partial charge on any atom is -0.486 e. The summed E-state index contributed by atoms with van der Waals surface area (Å²) in [5.41, 5.74) is 1.90. The van der Waals surface area contributed by atoms with Crippen molar-refractivity contribution in [2.45, 2.75) is 6.61 Å². The Labute approximate surface area is 121 Å². The first-order chi connectivity index (χ1) is 10.2. The molecule has 3 rings (SSSR count). The maximum absolute atomic E-state index is 11.3. The van der Waals surface area contributed by atoms with Crippen molar-refractivity contribution >= 4 is 16.9 Å². The number of para-hydroxylation sites is 1. The summed E-state index contributed by atoms with van der Waals surface area (Å²) in [5, 5.41) is 10.2. The number of ether oxygens (including phenoxy) is 1. The highest BCUT2D eigenvalue weighted by atomic mass is 16.5. The number of nitrogens with zero attached hydrogens (tertiary/aromatic N) is 2. The molecule has 0 aliphatic heterocycles. The van der Waals surface area contributed by atoms with Crippen LogP contribution in [-0.2, 0) is 13.7 Å². The van der Waals surface area contributed by atoms with Crippen LogP contribution in [0.2, 0.25) is 0 Å². The van der Waals surface area contributed by atoms with E-state index in [-0.39, 0.29) is 0 Å². The molecule has 21 heavy (non-hydrogen) atoms. The molecule has 106 valence electrons. The van der Waals surface area contributed by atoms with E-state index in [0.717, 1.165) is 11.1 Å². The summed E-state index contributed by atoms with van der Waals surface area (Å²) in [5.74, 6) is -0.247. The van der Waals surface area contributed by atoms with Gasteiger partial charge in [0, 0.05) is 18.6 Å². The van der Waals surface area contributed by atoms with Gasteiger partial charge in [0.25, 0.3) is 0 Å². The van der Waals surface area contributed by atoms with E-state index in [1.807, 2.05) is 29.8 Å². The third kappa shape index (κ3) is 2.45. The summed E-state index contributed by atoms with van der Waals surface area (Å²) in [4.78, 5) is 15.3. The molecule has 1 aromatic carbocycles. The number of hydrogen-bond acceptors (Lipinski definition) is 3. The van der Waals surface area contributed by atoms with Gasteiger partial charge in [-0.05, 0) is 24.3 Å². The summed E-state index contributed by atoms with van der Waals surface area (Å²) in [6.45, 7) is 0.357. The molecule has 2 heterocycles. The Bertz CT molecular complexity index is 794. The summed E-state index contributed by atoms with van der Waals surface area (Å²) in [6.07, 6.45) is 3.33. The maximum atomic E-state index is 11.3. The number of fused-ring (bicyclic) bond motifs is 1. The molecule has 0 spiro atoms. The second kappa shape index (κ2) is 5.28. The largest absolute Gasteiger partial charge is 0.486 e. The molecule has 5 heteroatoms. The molecular weight excluding hydrogens is 268 g/mol. The number of aryl methyl sites for hydroxylation is 1. The highest BCUT2D eigenvalue weighted by Crippen LogP contribution is 2.23. The van der Waals surface area contributed by atoms with Gasteiger partial charge in [-0.2, -0.15) is 0 Å². The zero-order valence-corrected chi connectivity index (χ0v) is 11.5. The van der Waals surface area contributed by atoms with Gasteiger partial charge in [-0.25, -0.2) is 4.79 Å². The van der Waals surface area contributed by atoms with Crippen molar-refractivity contribution in [1.82, 2.24) is 9.55 Å². The molecule has 0 aliphatic carbocycles. The molecule has 0 saturated carbocycles. The number of aromatic carboxylic acids is 1. The Morgan fingerprint density at radius 1 is 1.33 bits per heavy atom. The summed E-state index contributed by atoms with van der Waals surface area (Å²) >= 11 is 0. The van der Waals surface area contributed by atoms with Crippen LogP contribution in [0.3, 0.4) is 0 Å². The smallest absolute Gasteiger partial charge is 0.337 e. The molecule has 0 aliphatic rings. The van der Waals surface area contributed by atoms with Crippen molar-refractivity contribution in [1.29, 1.82) is 0 Å². The molecule has 0 fully saturated rings. The van der Waals surface area contributed by atoms with Crippen molar-refractivity contribution in [2.75, 3.05) is 0 Å². The van der Waals surface area contributed by atoms with Crippen molar-refractivity contribution in [2.24, 2.45) is 7.05 Å². The van der Waals surface area contributed by atoms with Gasteiger partial charge in [0.15, 0.2) is 0 Å². The van der Waals surface area contributed by atoms with Crippen LogP contribution in [0.1, 0.15) is 16.1 Å². The van der Waals surface area contributed by atoms with E-state index in [1.54, 1.807) is 30.6 Å². The molecule has 0 radical (unpaired) electrons. The van der Waals surface area contributed by atoms with Crippen LogP contribution in [0.5, 0.6) is 5.75 Å². The second-order valence-corrected chi connectivity index (χ2v) is 4.72. The average molecular weight is 282 g/mol. The monoisotopic (exact) mass is 282 g/mol. The van der Waals surface area contributed by atoms with Crippen molar-refractivity contribution in [3.63, 3.8) is 0 Å². The van der Waals surface area contributed by atoms with E-state index in [2.05, 4.69) is 4.98 Å². The standard InChI is InChI=1S/C16H14N2O3/c1-18-12(10-21-13-5-3-7-17-9-13)8-11-4-2-6-14(15(11)18)16(19)20/h2-9H,10H2,1H3,(H,19,20). The number of aromatic nitrogens is 2. The van der Waals surface area contributed by atoms with Crippen LogP contribution in [0, 0.1) is 0 Å². The minimum absolute atomic E-state index is 0.294. The summed E-state index contributed by atoms with van der Waals surface area (Å²) < 4.78 is 7.53. The molecule has 2 aromatic heterocycles. The van der Waals surface area contributed by atoms with Gasteiger partial charge in [-0.15, -0.1) is 0 Å². The fraction of sp³-hybridized carbons (Fsp3) is 0.125. The zero-order chi connectivity index (χ0) is 14.8. The highest BCUT2D eigenvalue weighted by Gasteiger charge is 2.14. The Balaban J connectivity index is 1.95. The van der Waals surface area contributed by atoms with Crippen molar-refractivity contribution in [3.05, 3.63) is 60.0 Å². The lowest BCUT2D eigenvalue weighted by molar-refractivity contribution is 0.0698. The van der Waals surface area contributed by atoms with Crippen molar-refractivity contribution < 1.29 is 14.6 Å². The van der Waals surface area contributed by atoms with Gasteiger partial charge >= 0.3 is 5.97 Å². The van der Waals surface area contributed by atoms with Crippen LogP contribution in [0.15, 0.2) is 48.8 Å². The van der Waals surface area contributed by atoms with E-state index < -0.39 is 5.97 Å². The van der Waals surface area contributed by atoms with E-state index in [9.17, 15) is 9.90 Å². The Kier molecular flexibility index (Phi) is 3.31. The van der Waals surface area contributed by atoms with E-state index in [4.69, 9.17) is 4.74 Å². The lowest BCUT2D eigenvalue weighted by atomic mass is 10.1. The van der Waals surface area contributed by atoms with E-state index in [0.29, 0.717) is 23.4 Å². The first-order valence-corrected chi connectivity index (χ1v) is 6.50. The fourth-order valence-electron chi connectivity index (χ4n) is 2.37. The second-order valence-electron chi connectivity index (χ2n) is 4.72. The zero-order valence-electron chi connectivity index (χ0n) is 11.5. The number of benzene rings is 1. The predicted octanol–water partition coefficient (Wildman–Crippen LogP) is 2.85. The summed E-state index contributed by atoms with van der Waals surface area (Å²) in [6, 6.07) is 10.8. The lowest BCUT2D eigenvalue weighted by Crippen LogP contribution is -2.05. The number of carboxylic acids is 1. The Morgan fingerprint density at radius 2 is 2.19 bits per heavy atom. The highest BCUT2D eigenvalue weighted by molar-refractivity contribution is 6.02. The number of pyridine rings is 1. The topological polar surface area (TPSA) is 64.4 Å². The number of rotatable bonds is 4. The normalized spacial score (nSPS) is 10.7. The number of carboxylic acid groups (broad SMARTS) is 1. The average Bonchev–Trinajstić information content (AvgIpc) is 2.83. The van der Waals surface area contributed by atoms with Crippen LogP contribution in [0.25, 0.3) is 10.9 Å². The first kappa shape index (κ1) is 13.2. The quantitative estimate of drug-likeness (QED) is 0.799. The molecule has 0 amide bonds. The predicted molar refractivity (Wildman–Crippen MR) is 78.4 cm³/mol. The molecular formula is C16H14N2O3. The Hall–Kier alpha value is -2.82. The fourth-order valence-corrected chi connectivity index (χ4v) is 2.37. The van der Waals surface area contributed by atoms with Crippen molar-refractivity contribution in [3.8, 4) is 5.75 Å². The molecule has 1 N–H and O–H groups in total. The van der Waals surface area contributed by atoms with Crippen LogP contribution < -0.4 is 4.74 Å². The third-order valence-electron chi connectivity index (χ3n) is 3.41. The molecule has 0 bridgehead atoms. The van der Waals surface area contributed by atoms with Crippen LogP contribution in [0.4, 0.5) is 0 Å². The lowest BCUT2D eigenvalue weighted by Gasteiger charge is -2.08.